The van der Waals surface area contributed by atoms with Crippen molar-refractivity contribution in [2.24, 2.45) is 0 Å². The number of pyridine rings is 1. The molecule has 1 aliphatic heterocycles. The highest BCUT2D eigenvalue weighted by molar-refractivity contribution is 5.94. The predicted molar refractivity (Wildman–Crippen MR) is 151 cm³/mol. The highest BCUT2D eigenvalue weighted by Crippen LogP contribution is 2.39. The van der Waals surface area contributed by atoms with Gasteiger partial charge in [0.25, 0.3) is 0 Å². The number of piperazine rings is 1. The molecule has 0 bridgehead atoms. The lowest BCUT2D eigenvalue weighted by atomic mass is 9.85. The zero-order valence-electron chi connectivity index (χ0n) is 23.6. The van der Waals surface area contributed by atoms with Gasteiger partial charge in [0, 0.05) is 68.1 Å². The lowest BCUT2D eigenvalue weighted by molar-refractivity contribution is 0.00808. The first-order valence-corrected chi connectivity index (χ1v) is 13.6. The number of ether oxygens (including phenoxy) is 1. The van der Waals surface area contributed by atoms with Crippen LogP contribution in [0.5, 0.6) is 0 Å². The summed E-state index contributed by atoms with van der Waals surface area (Å²) in [6, 6.07) is 11.2. The zero-order valence-corrected chi connectivity index (χ0v) is 23.6. The molecule has 0 atom stereocenters. The Balaban J connectivity index is 1.31. The van der Waals surface area contributed by atoms with Gasteiger partial charge in [-0.25, -0.2) is 14.2 Å². The van der Waals surface area contributed by atoms with Gasteiger partial charge in [-0.2, -0.15) is 5.26 Å². The third-order valence-electron chi connectivity index (χ3n) is 7.79. The first kappa shape index (κ1) is 27.4. The van der Waals surface area contributed by atoms with Crippen LogP contribution in [0.15, 0.2) is 36.5 Å². The number of nitrogens with zero attached hydrogens (tertiary/aromatic N) is 6. The summed E-state index contributed by atoms with van der Waals surface area (Å²) in [4.78, 5) is 34.6. The second kappa shape index (κ2) is 10.5. The van der Waals surface area contributed by atoms with Gasteiger partial charge < -0.3 is 24.0 Å². The quantitative estimate of drug-likeness (QED) is 0.409. The van der Waals surface area contributed by atoms with E-state index in [2.05, 4.69) is 11.0 Å². The molecule has 9 nitrogen and oxygen atoms in total. The Morgan fingerprint density at radius 1 is 1.10 bits per heavy atom. The summed E-state index contributed by atoms with van der Waals surface area (Å²) in [5.41, 5.74) is 2.10. The molecule has 3 heterocycles. The van der Waals surface area contributed by atoms with Crippen molar-refractivity contribution in [1.82, 2.24) is 14.5 Å². The molecule has 1 saturated heterocycles. The highest BCUT2D eigenvalue weighted by Gasteiger charge is 2.38. The normalized spacial score (nSPS) is 19.2. The number of Topliss-reactive ketones (excluding diaryl/α,β-unsaturated/α-hetero) is 1. The van der Waals surface area contributed by atoms with Gasteiger partial charge in [0.2, 0.25) is 0 Å². The van der Waals surface area contributed by atoms with Crippen molar-refractivity contribution in [1.29, 1.82) is 5.26 Å². The first-order valence-electron chi connectivity index (χ1n) is 13.6. The minimum absolute atomic E-state index is 0.0142. The summed E-state index contributed by atoms with van der Waals surface area (Å²) in [6.07, 6.45) is 2.78. The summed E-state index contributed by atoms with van der Waals surface area (Å²) in [7, 11) is 1.74. The third kappa shape index (κ3) is 5.33. The van der Waals surface area contributed by atoms with Gasteiger partial charge in [-0.3, -0.25) is 4.79 Å². The maximum Gasteiger partial charge on any atom is 0.410 e. The van der Waals surface area contributed by atoms with E-state index in [9.17, 15) is 14.9 Å². The molecule has 40 heavy (non-hydrogen) atoms. The van der Waals surface area contributed by atoms with Crippen LogP contribution in [0, 0.1) is 17.1 Å². The number of carbonyl (C=O) groups excluding carboxylic acids is 2. The van der Waals surface area contributed by atoms with E-state index in [1.807, 2.05) is 54.5 Å². The van der Waals surface area contributed by atoms with E-state index < -0.39 is 11.4 Å². The van der Waals surface area contributed by atoms with Gasteiger partial charge in [-0.15, -0.1) is 0 Å². The summed E-state index contributed by atoms with van der Waals surface area (Å²) in [5.74, 6) is -0.132. The van der Waals surface area contributed by atoms with E-state index >= 15 is 4.39 Å². The number of nitriles is 1. The van der Waals surface area contributed by atoms with Gasteiger partial charge in [0.05, 0.1) is 5.56 Å². The fraction of sp³-hybridized carbons (Fsp3) is 0.467. The molecule has 5 rings (SSSR count). The van der Waals surface area contributed by atoms with Crippen molar-refractivity contribution in [3.63, 3.8) is 0 Å². The second-order valence-corrected chi connectivity index (χ2v) is 11.7. The Hall–Kier alpha value is -4.13. The predicted octanol–water partition coefficient (Wildman–Crippen LogP) is 5.15. The topological polar surface area (TPSA) is 94.7 Å². The number of aromatic nitrogens is 2. The minimum atomic E-state index is -0.567. The SMILES string of the molecule is CC(=O)c1ccc(N2CCN(c3nc4c(cc3F)c(C#N)cn4C3CC(N(C)C(=O)OC(C)(C)C)C3)CC2)cc1. The average Bonchev–Trinajstić information content (AvgIpc) is 3.23. The maximum atomic E-state index is 15.3. The maximum absolute atomic E-state index is 15.3. The van der Waals surface area contributed by atoms with Crippen molar-refractivity contribution in [3.8, 4) is 6.07 Å². The molecule has 0 N–H and O–H groups in total. The van der Waals surface area contributed by atoms with E-state index in [1.54, 1.807) is 25.1 Å². The number of hydrogen-bond donors (Lipinski definition) is 0. The molecule has 0 unspecified atom stereocenters. The Morgan fingerprint density at radius 2 is 1.73 bits per heavy atom. The second-order valence-electron chi connectivity index (χ2n) is 11.7. The standard InChI is InChI=1S/C30H35FN6O3/c1-19(38)20-6-8-22(9-7-20)35-10-12-36(13-11-35)28-26(31)16-25-21(17-32)18-37(27(25)33-28)24-14-23(15-24)34(5)29(39)40-30(2,3)4/h6-9,16,18,23-24H,10-15H2,1-5H3. The van der Waals surface area contributed by atoms with Gasteiger partial charge in [0.15, 0.2) is 17.4 Å². The molecule has 210 valence electrons. The van der Waals surface area contributed by atoms with Gasteiger partial charge >= 0.3 is 6.09 Å². The zero-order chi connectivity index (χ0) is 28.8. The number of amides is 1. The average molecular weight is 547 g/mol. The molecule has 2 fully saturated rings. The molecule has 1 aliphatic carbocycles. The van der Waals surface area contributed by atoms with Crippen LogP contribution in [-0.4, -0.2) is 71.2 Å². The summed E-state index contributed by atoms with van der Waals surface area (Å²) >= 11 is 0. The van der Waals surface area contributed by atoms with Crippen LogP contribution in [-0.2, 0) is 4.74 Å². The van der Waals surface area contributed by atoms with Crippen LogP contribution in [0.2, 0.25) is 0 Å². The fourth-order valence-corrected chi connectivity index (χ4v) is 5.39. The summed E-state index contributed by atoms with van der Waals surface area (Å²) in [5, 5.41) is 10.2. The van der Waals surface area contributed by atoms with Gasteiger partial charge in [-0.05, 0) is 70.9 Å². The Labute approximate surface area is 233 Å². The number of benzene rings is 1. The number of anilines is 2. The molecule has 10 heteroatoms. The van der Waals surface area contributed by atoms with E-state index in [-0.39, 0.29) is 29.8 Å². The van der Waals surface area contributed by atoms with E-state index in [0.717, 1.165) is 5.69 Å². The molecule has 3 aromatic rings. The van der Waals surface area contributed by atoms with Gasteiger partial charge in [-0.1, -0.05) is 0 Å². The minimum Gasteiger partial charge on any atom is -0.444 e. The van der Waals surface area contributed by atoms with Crippen molar-refractivity contribution < 1.29 is 18.7 Å². The largest absolute Gasteiger partial charge is 0.444 e. The number of rotatable bonds is 5. The van der Waals surface area contributed by atoms with E-state index in [1.165, 1.54) is 6.07 Å². The number of ketones is 1. The molecular formula is C30H35FN6O3. The van der Waals surface area contributed by atoms with Crippen LogP contribution in [0.1, 0.15) is 62.5 Å². The lowest BCUT2D eigenvalue weighted by Gasteiger charge is -2.42. The Morgan fingerprint density at radius 3 is 2.30 bits per heavy atom. The van der Waals surface area contributed by atoms with Crippen molar-refractivity contribution in [2.45, 2.75) is 58.2 Å². The van der Waals surface area contributed by atoms with E-state index in [0.29, 0.717) is 61.2 Å². The van der Waals surface area contributed by atoms with Crippen LogP contribution in [0.4, 0.5) is 20.7 Å². The molecule has 2 aliphatic rings. The number of halogens is 1. The molecule has 1 aromatic carbocycles. The molecule has 0 radical (unpaired) electrons. The first-order chi connectivity index (χ1) is 18.9. The Kier molecular flexibility index (Phi) is 7.17. The van der Waals surface area contributed by atoms with Crippen LogP contribution in [0.25, 0.3) is 11.0 Å². The summed E-state index contributed by atoms with van der Waals surface area (Å²) < 4.78 is 22.8. The van der Waals surface area contributed by atoms with Crippen LogP contribution in [0.3, 0.4) is 0 Å². The van der Waals surface area contributed by atoms with E-state index in [4.69, 9.17) is 9.72 Å². The van der Waals surface area contributed by atoms with Crippen LogP contribution >= 0.6 is 0 Å². The smallest absolute Gasteiger partial charge is 0.410 e. The van der Waals surface area contributed by atoms with Gasteiger partial charge in [0.1, 0.15) is 17.3 Å². The molecule has 1 amide bonds. The molecular weight excluding hydrogens is 511 g/mol. The third-order valence-corrected chi connectivity index (χ3v) is 7.79. The molecule has 0 spiro atoms. The summed E-state index contributed by atoms with van der Waals surface area (Å²) in [6.45, 7) is 9.61. The Bertz CT molecular complexity index is 1470. The highest BCUT2D eigenvalue weighted by atomic mass is 19.1. The monoisotopic (exact) mass is 546 g/mol. The van der Waals surface area contributed by atoms with Crippen molar-refractivity contribution >= 4 is 34.4 Å². The molecule has 2 aromatic heterocycles. The van der Waals surface area contributed by atoms with Crippen LogP contribution < -0.4 is 9.80 Å². The van der Waals surface area contributed by atoms with Crippen molar-refractivity contribution in [3.05, 3.63) is 53.5 Å². The fourth-order valence-electron chi connectivity index (χ4n) is 5.39. The lowest BCUT2D eigenvalue weighted by Crippen LogP contribution is -2.48. The number of hydrogen-bond acceptors (Lipinski definition) is 7. The number of fused-ring (bicyclic) bond motifs is 1. The number of carbonyl (C=O) groups is 2. The van der Waals surface area contributed by atoms with Crippen molar-refractivity contribution in [2.75, 3.05) is 43.0 Å². The molecule has 1 saturated carbocycles.